The molecule has 0 atom stereocenters. The Kier molecular flexibility index (Phi) is 5.97. The molecule has 0 bridgehead atoms. The van der Waals surface area contributed by atoms with Crippen LogP contribution in [-0.4, -0.2) is 52.5 Å². The predicted molar refractivity (Wildman–Crippen MR) is 91.0 cm³/mol. The lowest BCUT2D eigenvalue weighted by molar-refractivity contribution is 0.0900. The zero-order valence-corrected chi connectivity index (χ0v) is 15.1. The fraction of sp³-hybridized carbons (Fsp3) is 0.562. The van der Waals surface area contributed by atoms with Crippen molar-refractivity contribution in [3.8, 4) is 0 Å². The van der Waals surface area contributed by atoms with Gasteiger partial charge in [0.05, 0.1) is 12.0 Å². The SMILES string of the molecule is CONS(=O)(=O)c1ccc(C(=O)NCC2(N(C)C)CCCC2)cc1. The number of carbonyl (C=O) groups excluding carboxylic acids is 1. The van der Waals surface area contributed by atoms with E-state index in [9.17, 15) is 13.2 Å². The van der Waals surface area contributed by atoms with Crippen LogP contribution in [0.15, 0.2) is 29.2 Å². The smallest absolute Gasteiger partial charge is 0.262 e. The summed E-state index contributed by atoms with van der Waals surface area (Å²) in [6, 6.07) is 5.76. The number of rotatable bonds is 7. The molecule has 0 saturated heterocycles. The van der Waals surface area contributed by atoms with E-state index in [-0.39, 0.29) is 16.3 Å². The van der Waals surface area contributed by atoms with Crippen molar-refractivity contribution >= 4 is 15.9 Å². The maximum Gasteiger partial charge on any atom is 0.262 e. The largest absolute Gasteiger partial charge is 0.350 e. The standard InChI is InChI=1S/C16H25N3O4S/c1-19(2)16(10-4-5-11-16)12-17-15(20)13-6-8-14(9-7-13)24(21,22)18-23-3/h6-9,18H,4-5,10-12H2,1-3H3,(H,17,20). The lowest BCUT2D eigenvalue weighted by Crippen LogP contribution is -2.50. The first-order chi connectivity index (χ1) is 11.3. The van der Waals surface area contributed by atoms with Crippen molar-refractivity contribution in [2.75, 3.05) is 27.7 Å². The molecule has 2 N–H and O–H groups in total. The average molecular weight is 355 g/mol. The Balaban J connectivity index is 2.03. The van der Waals surface area contributed by atoms with E-state index in [1.54, 1.807) is 0 Å². The Labute approximate surface area is 143 Å². The zero-order valence-electron chi connectivity index (χ0n) is 14.3. The Bertz CT molecular complexity index is 665. The van der Waals surface area contributed by atoms with Crippen molar-refractivity contribution in [2.24, 2.45) is 0 Å². The molecule has 1 saturated carbocycles. The maximum atomic E-state index is 12.3. The highest BCUT2D eigenvalue weighted by molar-refractivity contribution is 7.89. The number of likely N-dealkylation sites (N-methyl/N-ethyl adjacent to an activating group) is 1. The molecule has 2 rings (SSSR count). The fourth-order valence-electron chi connectivity index (χ4n) is 3.11. The van der Waals surface area contributed by atoms with E-state index in [4.69, 9.17) is 0 Å². The molecule has 1 fully saturated rings. The molecule has 8 heteroatoms. The van der Waals surface area contributed by atoms with Crippen molar-refractivity contribution in [2.45, 2.75) is 36.1 Å². The van der Waals surface area contributed by atoms with Crippen LogP contribution in [0.3, 0.4) is 0 Å². The average Bonchev–Trinajstić information content (AvgIpc) is 3.03. The molecule has 7 nitrogen and oxygen atoms in total. The van der Waals surface area contributed by atoms with Gasteiger partial charge in [0.15, 0.2) is 0 Å². The van der Waals surface area contributed by atoms with E-state index >= 15 is 0 Å². The van der Waals surface area contributed by atoms with Crippen LogP contribution in [0, 0.1) is 0 Å². The van der Waals surface area contributed by atoms with Crippen molar-refractivity contribution in [3.63, 3.8) is 0 Å². The van der Waals surface area contributed by atoms with Crippen molar-refractivity contribution < 1.29 is 18.0 Å². The topological polar surface area (TPSA) is 87.7 Å². The van der Waals surface area contributed by atoms with Gasteiger partial charge in [-0.3, -0.25) is 9.63 Å². The highest BCUT2D eigenvalue weighted by Gasteiger charge is 2.36. The number of hydrogen-bond donors (Lipinski definition) is 2. The minimum atomic E-state index is -3.71. The second kappa shape index (κ2) is 7.60. The van der Waals surface area contributed by atoms with Gasteiger partial charge in [-0.05, 0) is 51.2 Å². The minimum Gasteiger partial charge on any atom is -0.350 e. The normalized spacial score (nSPS) is 17.2. The minimum absolute atomic E-state index is 0.0152. The van der Waals surface area contributed by atoms with Gasteiger partial charge in [-0.2, -0.15) is 0 Å². The lowest BCUT2D eigenvalue weighted by atomic mass is 9.96. The Morgan fingerprint density at radius 2 is 1.79 bits per heavy atom. The molecule has 24 heavy (non-hydrogen) atoms. The number of sulfonamides is 1. The van der Waals surface area contributed by atoms with Gasteiger partial charge in [0.2, 0.25) is 0 Å². The maximum absolute atomic E-state index is 12.3. The van der Waals surface area contributed by atoms with E-state index in [0.29, 0.717) is 12.1 Å². The number of carbonyl (C=O) groups is 1. The molecule has 0 heterocycles. The Hall–Kier alpha value is -1.48. The van der Waals surface area contributed by atoms with Crippen LogP contribution in [0.25, 0.3) is 0 Å². The molecule has 0 aliphatic heterocycles. The molecule has 1 aliphatic carbocycles. The van der Waals surface area contributed by atoms with Gasteiger partial charge in [-0.1, -0.05) is 17.7 Å². The highest BCUT2D eigenvalue weighted by atomic mass is 32.2. The Morgan fingerprint density at radius 3 is 2.29 bits per heavy atom. The molecule has 0 aromatic heterocycles. The molecule has 1 aromatic rings. The first-order valence-corrected chi connectivity index (χ1v) is 9.39. The molecule has 1 aliphatic rings. The third-order valence-corrected chi connectivity index (χ3v) is 5.96. The summed E-state index contributed by atoms with van der Waals surface area (Å²) in [4.78, 5) is 20.9. The molecular weight excluding hydrogens is 330 g/mol. The van der Waals surface area contributed by atoms with E-state index < -0.39 is 10.0 Å². The number of nitrogens with zero attached hydrogens (tertiary/aromatic N) is 1. The van der Waals surface area contributed by atoms with E-state index in [1.807, 2.05) is 19.0 Å². The van der Waals surface area contributed by atoms with Crippen LogP contribution in [-0.2, 0) is 14.9 Å². The summed E-state index contributed by atoms with van der Waals surface area (Å²) in [6.07, 6.45) is 4.49. The van der Waals surface area contributed by atoms with E-state index in [1.165, 1.54) is 44.2 Å². The molecule has 134 valence electrons. The first-order valence-electron chi connectivity index (χ1n) is 7.91. The molecule has 0 spiro atoms. The van der Waals surface area contributed by atoms with Crippen LogP contribution in [0.2, 0.25) is 0 Å². The van der Waals surface area contributed by atoms with Crippen molar-refractivity contribution in [1.82, 2.24) is 15.1 Å². The van der Waals surface area contributed by atoms with Gasteiger partial charge in [0.1, 0.15) is 0 Å². The summed E-state index contributed by atoms with van der Waals surface area (Å²) in [5, 5.41) is 2.98. The quantitative estimate of drug-likeness (QED) is 0.716. The number of nitrogens with one attached hydrogen (secondary N) is 2. The second-order valence-corrected chi connectivity index (χ2v) is 7.97. The second-order valence-electron chi connectivity index (χ2n) is 6.32. The number of amides is 1. The Morgan fingerprint density at radius 1 is 1.21 bits per heavy atom. The molecule has 1 aromatic carbocycles. The molecule has 0 unspecified atom stereocenters. The van der Waals surface area contributed by atoms with Gasteiger partial charge < -0.3 is 10.2 Å². The van der Waals surface area contributed by atoms with Crippen molar-refractivity contribution in [1.29, 1.82) is 0 Å². The monoisotopic (exact) mass is 355 g/mol. The van der Waals surface area contributed by atoms with Crippen molar-refractivity contribution in [3.05, 3.63) is 29.8 Å². The molecular formula is C16H25N3O4S. The third kappa shape index (κ3) is 4.13. The van der Waals surface area contributed by atoms with Gasteiger partial charge in [0.25, 0.3) is 15.9 Å². The predicted octanol–water partition coefficient (Wildman–Crippen LogP) is 1.13. The summed E-state index contributed by atoms with van der Waals surface area (Å²) >= 11 is 0. The zero-order chi connectivity index (χ0) is 17.8. The van der Waals surface area contributed by atoms with Crippen LogP contribution >= 0.6 is 0 Å². The highest BCUT2D eigenvalue weighted by Crippen LogP contribution is 2.33. The van der Waals surface area contributed by atoms with E-state index in [0.717, 1.165) is 12.8 Å². The number of benzene rings is 1. The first kappa shape index (κ1) is 18.9. The van der Waals surface area contributed by atoms with Gasteiger partial charge in [0, 0.05) is 17.6 Å². The van der Waals surface area contributed by atoms with Crippen LogP contribution in [0.5, 0.6) is 0 Å². The van der Waals surface area contributed by atoms with Gasteiger partial charge >= 0.3 is 0 Å². The van der Waals surface area contributed by atoms with Gasteiger partial charge in [-0.25, -0.2) is 8.42 Å². The fourth-order valence-corrected chi connectivity index (χ4v) is 3.92. The number of hydrogen-bond acceptors (Lipinski definition) is 5. The van der Waals surface area contributed by atoms with Gasteiger partial charge in [-0.15, -0.1) is 0 Å². The van der Waals surface area contributed by atoms with Crippen LogP contribution in [0.1, 0.15) is 36.0 Å². The summed E-state index contributed by atoms with van der Waals surface area (Å²) in [7, 11) is 1.60. The van der Waals surface area contributed by atoms with Crippen LogP contribution < -0.4 is 10.2 Å². The summed E-state index contributed by atoms with van der Waals surface area (Å²) in [6.45, 7) is 0.587. The third-order valence-electron chi connectivity index (χ3n) is 4.68. The summed E-state index contributed by atoms with van der Waals surface area (Å²) < 4.78 is 23.6. The lowest BCUT2D eigenvalue weighted by Gasteiger charge is -2.36. The van der Waals surface area contributed by atoms with Crippen LogP contribution in [0.4, 0.5) is 0 Å². The summed E-state index contributed by atoms with van der Waals surface area (Å²) in [5.41, 5.74) is 0.444. The molecule has 1 amide bonds. The summed E-state index contributed by atoms with van der Waals surface area (Å²) in [5.74, 6) is -0.202. The molecule has 0 radical (unpaired) electrons. The van der Waals surface area contributed by atoms with E-state index in [2.05, 4.69) is 15.1 Å².